The largest absolute Gasteiger partial charge is 0.455 e. The van der Waals surface area contributed by atoms with Crippen LogP contribution in [-0.4, -0.2) is 4.68 Å². The Balaban J connectivity index is 1.54. The molecule has 0 amide bonds. The fraction of sp³-hybridized carbons (Fsp3) is 0.125. The molecule has 0 fully saturated rings. The van der Waals surface area contributed by atoms with Gasteiger partial charge in [-0.3, -0.25) is 0 Å². The van der Waals surface area contributed by atoms with Crippen LogP contribution in [0.5, 0.6) is 11.5 Å². The Kier molecular flexibility index (Phi) is 3.64. The van der Waals surface area contributed by atoms with Crippen molar-refractivity contribution in [1.82, 2.24) is 4.68 Å². The van der Waals surface area contributed by atoms with Gasteiger partial charge < -0.3 is 4.74 Å². The summed E-state index contributed by atoms with van der Waals surface area (Å²) in [6.07, 6.45) is 6.60. The lowest BCUT2D eigenvalue weighted by molar-refractivity contribution is -0.988. The molecule has 0 aliphatic carbocycles. The Labute approximate surface area is 210 Å². The summed E-state index contributed by atoms with van der Waals surface area (Å²) in [5.41, 5.74) is 11.9. The molecular formula is C32H25N3O+2. The Morgan fingerprint density at radius 1 is 0.778 bits per heavy atom. The summed E-state index contributed by atoms with van der Waals surface area (Å²) in [6.45, 7) is 6.73. The molecule has 5 heterocycles. The fourth-order valence-corrected chi connectivity index (χ4v) is 6.70. The topological polar surface area (TPSA) is 21.9 Å². The van der Waals surface area contributed by atoms with Crippen molar-refractivity contribution in [3.63, 3.8) is 0 Å². The molecule has 3 aliphatic rings. The highest BCUT2D eigenvalue weighted by Gasteiger charge is 2.72. The van der Waals surface area contributed by atoms with E-state index >= 15 is 0 Å². The van der Waals surface area contributed by atoms with Crippen molar-refractivity contribution in [2.75, 3.05) is 0 Å². The molecule has 4 heteroatoms. The Morgan fingerprint density at radius 3 is 2.39 bits per heavy atom. The molecule has 2 aromatic heterocycles. The van der Waals surface area contributed by atoms with E-state index in [4.69, 9.17) is 4.74 Å². The summed E-state index contributed by atoms with van der Waals surface area (Å²) in [7, 11) is 0. The molecule has 36 heavy (non-hydrogen) atoms. The van der Waals surface area contributed by atoms with Crippen molar-refractivity contribution >= 4 is 11.1 Å². The quantitative estimate of drug-likeness (QED) is 0.286. The highest BCUT2D eigenvalue weighted by molar-refractivity contribution is 5.94. The van der Waals surface area contributed by atoms with E-state index in [1.165, 1.54) is 50.2 Å². The van der Waals surface area contributed by atoms with Crippen LogP contribution in [0.15, 0.2) is 97.5 Å². The number of hydrogen-bond donors (Lipinski definition) is 0. The molecule has 1 spiro atoms. The third-order valence-corrected chi connectivity index (χ3v) is 8.31. The summed E-state index contributed by atoms with van der Waals surface area (Å²) in [6, 6.07) is 28.0. The van der Waals surface area contributed by atoms with Gasteiger partial charge >= 0.3 is 5.66 Å². The van der Waals surface area contributed by atoms with E-state index in [1.807, 2.05) is 0 Å². The molecular weight excluding hydrogens is 442 g/mol. The van der Waals surface area contributed by atoms with Crippen LogP contribution >= 0.6 is 0 Å². The lowest BCUT2D eigenvalue weighted by Crippen LogP contribution is -2.73. The predicted molar refractivity (Wildman–Crippen MR) is 139 cm³/mol. The normalized spacial score (nSPS) is 18.1. The Hall–Kier alpha value is -4.44. The number of ether oxygens (including phenoxy) is 1. The van der Waals surface area contributed by atoms with E-state index in [9.17, 15) is 0 Å². The molecule has 8 rings (SSSR count). The van der Waals surface area contributed by atoms with Gasteiger partial charge in [-0.05, 0) is 72.0 Å². The minimum Gasteiger partial charge on any atom is -0.455 e. The van der Waals surface area contributed by atoms with Crippen LogP contribution in [0, 0.1) is 6.92 Å². The van der Waals surface area contributed by atoms with Gasteiger partial charge in [-0.25, -0.2) is 0 Å². The van der Waals surface area contributed by atoms with Crippen LogP contribution in [0.25, 0.3) is 28.1 Å². The molecule has 3 aromatic carbocycles. The van der Waals surface area contributed by atoms with Gasteiger partial charge in [0, 0.05) is 12.1 Å². The van der Waals surface area contributed by atoms with Crippen molar-refractivity contribution in [2.24, 2.45) is 0 Å². The maximum atomic E-state index is 6.58. The van der Waals surface area contributed by atoms with E-state index in [-0.39, 0.29) is 0 Å². The minimum absolute atomic E-state index is 0.529. The van der Waals surface area contributed by atoms with Crippen LogP contribution in [0.3, 0.4) is 0 Å². The van der Waals surface area contributed by atoms with Crippen molar-refractivity contribution in [2.45, 2.75) is 26.4 Å². The lowest BCUT2D eigenvalue weighted by atomic mass is 9.86. The summed E-state index contributed by atoms with van der Waals surface area (Å²) in [4.78, 5) is 0. The van der Waals surface area contributed by atoms with Gasteiger partial charge in [0.2, 0.25) is 11.9 Å². The lowest BCUT2D eigenvalue weighted by Gasteiger charge is -2.23. The van der Waals surface area contributed by atoms with E-state index < -0.39 is 5.66 Å². The minimum atomic E-state index is -0.529. The second-order valence-corrected chi connectivity index (χ2v) is 9.99. The predicted octanol–water partition coefficient (Wildman–Crippen LogP) is 6.01. The average Bonchev–Trinajstić information content (AvgIpc) is 3.58. The maximum absolute atomic E-state index is 6.58. The highest BCUT2D eigenvalue weighted by Crippen LogP contribution is 2.56. The number of rotatable bonds is 2. The van der Waals surface area contributed by atoms with Gasteiger partial charge in [0.25, 0.3) is 0 Å². The van der Waals surface area contributed by atoms with E-state index in [0.29, 0.717) is 0 Å². The average molecular weight is 468 g/mol. The van der Waals surface area contributed by atoms with Crippen molar-refractivity contribution < 1.29 is 14.0 Å². The van der Waals surface area contributed by atoms with E-state index in [0.717, 1.165) is 17.2 Å². The number of allylic oxidation sites excluding steroid dienone is 2. The molecule has 0 saturated carbocycles. The summed E-state index contributed by atoms with van der Waals surface area (Å²) >= 11 is 0. The number of aryl methyl sites for hydroxylation is 1. The first-order valence-electron chi connectivity index (χ1n) is 12.5. The van der Waals surface area contributed by atoms with E-state index in [1.54, 1.807) is 0 Å². The first-order valence-corrected chi connectivity index (χ1v) is 12.5. The fourth-order valence-electron chi connectivity index (χ4n) is 6.70. The van der Waals surface area contributed by atoms with Crippen molar-refractivity contribution in [3.8, 4) is 28.4 Å². The molecule has 3 aliphatic heterocycles. The van der Waals surface area contributed by atoms with E-state index in [2.05, 4.69) is 132 Å². The smallest absolute Gasteiger partial charge is 0.447 e. The zero-order valence-electron chi connectivity index (χ0n) is 20.5. The standard InChI is InChI=1S/C32H25N3O/c1-20-16-19-33-31(28(20)22(3)21(2)23-10-5-4-6-11-23)24-12-7-14-26-29(24)32(33)30-25(13-8-15-27(30)36-26)34-17-9-18-35(32)34/h4-19H,1-3H3/q+2/b22-21+. The zero-order valence-corrected chi connectivity index (χ0v) is 20.5. The molecule has 1 unspecified atom stereocenters. The Morgan fingerprint density at radius 2 is 1.56 bits per heavy atom. The maximum Gasteiger partial charge on any atom is 0.447 e. The second kappa shape index (κ2) is 6.61. The number of pyridine rings is 1. The number of aromatic nitrogens is 3. The molecule has 0 radical (unpaired) electrons. The molecule has 172 valence electrons. The van der Waals surface area contributed by atoms with Crippen LogP contribution < -0.4 is 14.0 Å². The SMILES string of the molecule is C/C(=C(/C)c1c(C)cc[n+]2c1-c1cccc3c1C21c2c(cccc2-n2ccc[n+]21)O3)c1ccccc1. The van der Waals surface area contributed by atoms with Gasteiger partial charge in [-0.15, -0.1) is 9.25 Å². The van der Waals surface area contributed by atoms with Crippen molar-refractivity contribution in [3.05, 3.63) is 125 Å². The van der Waals surface area contributed by atoms with Gasteiger partial charge in [0.1, 0.15) is 17.2 Å². The van der Waals surface area contributed by atoms with Crippen molar-refractivity contribution in [1.29, 1.82) is 0 Å². The summed E-state index contributed by atoms with van der Waals surface area (Å²) in [5, 5.41) is 0. The van der Waals surface area contributed by atoms with Gasteiger partial charge in [0.15, 0.2) is 17.3 Å². The zero-order chi connectivity index (χ0) is 24.2. The molecule has 1 atom stereocenters. The van der Waals surface area contributed by atoms with Crippen LogP contribution in [0.1, 0.15) is 41.7 Å². The van der Waals surface area contributed by atoms with Crippen LogP contribution in [0.2, 0.25) is 0 Å². The molecule has 0 bridgehead atoms. The van der Waals surface area contributed by atoms with Gasteiger partial charge in [-0.1, -0.05) is 42.5 Å². The highest BCUT2D eigenvalue weighted by atomic mass is 16.5. The second-order valence-electron chi connectivity index (χ2n) is 9.99. The van der Waals surface area contributed by atoms with Crippen LogP contribution in [-0.2, 0) is 5.66 Å². The number of hydrogen-bond acceptors (Lipinski definition) is 1. The molecule has 0 saturated heterocycles. The third-order valence-electron chi connectivity index (χ3n) is 8.31. The third kappa shape index (κ3) is 2.12. The van der Waals surface area contributed by atoms with Gasteiger partial charge in [-0.2, -0.15) is 0 Å². The first-order chi connectivity index (χ1) is 17.6. The molecule has 4 nitrogen and oxygen atoms in total. The Bertz CT molecular complexity index is 1790. The summed E-state index contributed by atoms with van der Waals surface area (Å²) in [5.74, 6) is 1.84. The van der Waals surface area contributed by atoms with Gasteiger partial charge in [0.05, 0.1) is 17.3 Å². The molecule has 5 aromatic rings. The van der Waals surface area contributed by atoms with Crippen LogP contribution in [0.4, 0.5) is 0 Å². The number of fused-ring (bicyclic) bond motifs is 4. The molecule has 0 N–H and O–H groups in total. The number of nitrogens with zero attached hydrogens (tertiary/aromatic N) is 3. The summed E-state index contributed by atoms with van der Waals surface area (Å²) < 4.78 is 13.7. The first kappa shape index (κ1) is 19.8. The number of benzene rings is 3. The monoisotopic (exact) mass is 467 g/mol.